The highest BCUT2D eigenvalue weighted by atomic mass is 16.6. The number of nitro benzene ring substituents is 2. The lowest BCUT2D eigenvalue weighted by Crippen LogP contribution is -2.47. The van der Waals surface area contributed by atoms with Gasteiger partial charge in [0.25, 0.3) is 35.0 Å². The molecule has 0 aromatic heterocycles. The van der Waals surface area contributed by atoms with Crippen LogP contribution in [0.5, 0.6) is 0 Å². The number of nitro groups is 2. The van der Waals surface area contributed by atoms with Crippen molar-refractivity contribution in [3.63, 3.8) is 0 Å². The van der Waals surface area contributed by atoms with Gasteiger partial charge in [-0.3, -0.25) is 49.2 Å². The van der Waals surface area contributed by atoms with E-state index in [1.807, 2.05) is 23.9 Å². The van der Waals surface area contributed by atoms with E-state index in [1.165, 1.54) is 12.1 Å². The molecule has 1 N–H and O–H groups in total. The van der Waals surface area contributed by atoms with Gasteiger partial charge in [0.1, 0.15) is 11.4 Å². The van der Waals surface area contributed by atoms with Gasteiger partial charge in [-0.1, -0.05) is 24.3 Å². The molecule has 4 aromatic rings. The molecule has 284 valence electrons. The second-order valence-corrected chi connectivity index (χ2v) is 14.4. The average molecular weight is 750 g/mol. The zero-order valence-corrected chi connectivity index (χ0v) is 30.4. The summed E-state index contributed by atoms with van der Waals surface area (Å²) < 4.78 is 0. The van der Waals surface area contributed by atoms with E-state index in [-0.39, 0.29) is 59.8 Å². The Bertz CT molecular complexity index is 2170. The molecule has 0 unspecified atom stereocenters. The highest BCUT2D eigenvalue weighted by molar-refractivity contribution is 6.29. The molecule has 4 aromatic carbocycles. The van der Waals surface area contributed by atoms with Gasteiger partial charge in [0, 0.05) is 123 Å². The van der Waals surface area contributed by atoms with Gasteiger partial charge >= 0.3 is 0 Å². The molecular weight excluding hydrogens is 710 g/mol. The molecule has 2 saturated heterocycles. The van der Waals surface area contributed by atoms with E-state index >= 15 is 0 Å². The second kappa shape index (κ2) is 14.0. The summed E-state index contributed by atoms with van der Waals surface area (Å²) in [6.07, 6.45) is 0. The number of benzene rings is 4. The minimum Gasteiger partial charge on any atom is -0.363 e. The molecule has 17 nitrogen and oxygen atoms in total. The highest BCUT2D eigenvalue weighted by Gasteiger charge is 2.39. The first-order valence-electron chi connectivity index (χ1n) is 18.2. The fourth-order valence-electron chi connectivity index (χ4n) is 8.29. The molecule has 4 heterocycles. The number of nitrogens with zero attached hydrogens (tertiary/aromatic N) is 8. The molecule has 4 aliphatic rings. The summed E-state index contributed by atoms with van der Waals surface area (Å²) >= 11 is 0. The third-order valence-corrected chi connectivity index (χ3v) is 11.2. The first-order chi connectivity index (χ1) is 26.5. The van der Waals surface area contributed by atoms with E-state index in [2.05, 4.69) is 15.1 Å². The van der Waals surface area contributed by atoms with Crippen molar-refractivity contribution in [1.82, 2.24) is 24.9 Å². The Labute approximate surface area is 314 Å². The summed E-state index contributed by atoms with van der Waals surface area (Å²) in [5.41, 5.74) is 1.13. The van der Waals surface area contributed by atoms with Crippen molar-refractivity contribution in [2.45, 2.75) is 0 Å². The number of nitrogens with one attached hydrogen (secondary N) is 1. The van der Waals surface area contributed by atoms with Crippen molar-refractivity contribution in [3.8, 4) is 0 Å². The molecule has 0 saturated carbocycles. The molecular formula is C38H39N9O8. The van der Waals surface area contributed by atoms with Crippen LogP contribution in [0.15, 0.2) is 48.5 Å². The van der Waals surface area contributed by atoms with Crippen molar-refractivity contribution in [3.05, 3.63) is 91.0 Å². The number of imide groups is 2. The summed E-state index contributed by atoms with van der Waals surface area (Å²) in [6.45, 7) is 5.14. The van der Waals surface area contributed by atoms with Gasteiger partial charge in [0.15, 0.2) is 0 Å². The Hall–Kier alpha value is -6.04. The van der Waals surface area contributed by atoms with E-state index in [1.54, 1.807) is 36.4 Å². The van der Waals surface area contributed by atoms with Crippen molar-refractivity contribution in [2.24, 2.45) is 0 Å². The van der Waals surface area contributed by atoms with Gasteiger partial charge < -0.3 is 24.9 Å². The topological polar surface area (TPSA) is 186 Å². The maximum Gasteiger partial charge on any atom is 0.293 e. The van der Waals surface area contributed by atoms with Crippen molar-refractivity contribution in [1.29, 1.82) is 0 Å². The number of likely N-dealkylation sites (N-methyl/N-ethyl adjacent to an activating group) is 2. The zero-order valence-electron chi connectivity index (χ0n) is 30.4. The number of hydrogen-bond donors (Lipinski definition) is 1. The van der Waals surface area contributed by atoms with E-state index in [0.717, 1.165) is 9.80 Å². The first-order valence-corrected chi connectivity index (χ1v) is 18.2. The molecule has 0 spiro atoms. The van der Waals surface area contributed by atoms with E-state index in [0.29, 0.717) is 85.3 Å². The van der Waals surface area contributed by atoms with Gasteiger partial charge in [0.05, 0.1) is 21.0 Å². The summed E-state index contributed by atoms with van der Waals surface area (Å²) in [4.78, 5) is 89.1. The van der Waals surface area contributed by atoms with Crippen LogP contribution in [0.1, 0.15) is 41.4 Å². The minimum atomic E-state index is -0.646. The van der Waals surface area contributed by atoms with Crippen LogP contribution in [0.2, 0.25) is 0 Å². The Kier molecular flexibility index (Phi) is 9.14. The van der Waals surface area contributed by atoms with Crippen LogP contribution in [0, 0.1) is 20.2 Å². The van der Waals surface area contributed by atoms with Gasteiger partial charge in [-0.15, -0.1) is 0 Å². The number of hydrogen-bond acceptors (Lipinski definition) is 13. The lowest BCUT2D eigenvalue weighted by Gasteiger charge is -2.35. The van der Waals surface area contributed by atoms with Gasteiger partial charge in [-0.25, -0.2) is 0 Å². The summed E-state index contributed by atoms with van der Waals surface area (Å²) in [5, 5.41) is 29.6. The predicted octanol–water partition coefficient (Wildman–Crippen LogP) is 2.79. The van der Waals surface area contributed by atoms with Crippen molar-refractivity contribution >= 4 is 67.9 Å². The molecule has 0 bridgehead atoms. The monoisotopic (exact) mass is 749 g/mol. The van der Waals surface area contributed by atoms with Crippen LogP contribution < -0.4 is 15.1 Å². The average Bonchev–Trinajstić information content (AvgIpc) is 3.17. The Morgan fingerprint density at radius 1 is 0.564 bits per heavy atom. The van der Waals surface area contributed by atoms with Crippen LogP contribution in [0.3, 0.4) is 0 Å². The Balaban J connectivity index is 0.985. The number of anilines is 2. The van der Waals surface area contributed by atoms with E-state index in [4.69, 9.17) is 0 Å². The first kappa shape index (κ1) is 36.0. The molecule has 2 fully saturated rings. The van der Waals surface area contributed by atoms with Crippen molar-refractivity contribution in [2.75, 3.05) is 102 Å². The number of carbonyl (C=O) groups is 4. The molecule has 4 aliphatic heterocycles. The van der Waals surface area contributed by atoms with Crippen LogP contribution in [-0.4, -0.2) is 146 Å². The number of rotatable bonds is 10. The fourth-order valence-corrected chi connectivity index (χ4v) is 8.29. The maximum absolute atomic E-state index is 13.8. The lowest BCUT2D eigenvalue weighted by molar-refractivity contribution is -0.384. The van der Waals surface area contributed by atoms with Crippen LogP contribution in [-0.2, 0) is 0 Å². The third-order valence-electron chi connectivity index (χ3n) is 11.2. The molecule has 55 heavy (non-hydrogen) atoms. The maximum atomic E-state index is 13.8. The Morgan fingerprint density at radius 3 is 1.29 bits per heavy atom. The normalized spacial score (nSPS) is 17.9. The SMILES string of the molecule is CN1CCN(c2c([N+](=O)[O-])cc3c4c(cccc24)C(=O)N(CCNCCN2C(=O)c4cccc5c(N6CCN(C)CC6)c([N+](=O)[O-])cc(c45)C2=O)C3=O)CC1. The van der Waals surface area contributed by atoms with Crippen LogP contribution in [0.25, 0.3) is 21.5 Å². The fraction of sp³-hybridized carbons (Fsp3) is 0.368. The number of piperazine rings is 2. The van der Waals surface area contributed by atoms with Gasteiger partial charge in [-0.05, 0) is 26.2 Å². The smallest absolute Gasteiger partial charge is 0.293 e. The summed E-state index contributed by atoms with van der Waals surface area (Å²) in [5.74, 6) is -2.34. The molecule has 17 heteroatoms. The van der Waals surface area contributed by atoms with Crippen molar-refractivity contribution < 1.29 is 29.0 Å². The third kappa shape index (κ3) is 6.00. The van der Waals surface area contributed by atoms with Crippen LogP contribution >= 0.6 is 0 Å². The van der Waals surface area contributed by atoms with Gasteiger partial charge in [-0.2, -0.15) is 0 Å². The summed E-state index contributed by atoms with van der Waals surface area (Å²) in [6, 6.07) is 12.6. The van der Waals surface area contributed by atoms with E-state index in [9.17, 15) is 39.4 Å². The zero-order chi connectivity index (χ0) is 38.7. The largest absolute Gasteiger partial charge is 0.363 e. The predicted molar refractivity (Wildman–Crippen MR) is 204 cm³/mol. The molecule has 8 rings (SSSR count). The molecule has 4 amide bonds. The summed E-state index contributed by atoms with van der Waals surface area (Å²) in [7, 11) is 3.96. The molecule has 0 radical (unpaired) electrons. The standard InChI is InChI=1S/C38H39N9O8/c1-40-13-17-42(18-14-40)33-23-5-3-7-25-31(23)27(21-29(33)46(52)53)37(50)44(35(25)48)11-9-39-10-12-45-36(49)26-8-4-6-24-32(26)28(38(45)51)22-30(47(54)55)34(24)43-19-15-41(2)16-20-43/h3-8,21-22,39H,9-20H2,1-2H3. The minimum absolute atomic E-state index is 0.0766. The highest BCUT2D eigenvalue weighted by Crippen LogP contribution is 2.44. The van der Waals surface area contributed by atoms with Crippen LogP contribution in [0.4, 0.5) is 22.7 Å². The quantitative estimate of drug-likeness (QED) is 0.108. The molecule has 0 aliphatic carbocycles. The Morgan fingerprint density at radius 2 is 0.927 bits per heavy atom. The molecule has 0 atom stereocenters. The second-order valence-electron chi connectivity index (χ2n) is 14.4. The van der Waals surface area contributed by atoms with E-state index < -0.39 is 33.5 Å². The van der Waals surface area contributed by atoms with Gasteiger partial charge in [0.2, 0.25) is 0 Å². The number of amides is 4. The lowest BCUT2D eigenvalue weighted by atomic mass is 9.91. The number of carbonyl (C=O) groups excluding carboxylic acids is 4.